The predicted octanol–water partition coefficient (Wildman–Crippen LogP) is 10.8. The van der Waals surface area contributed by atoms with E-state index < -0.39 is 24.4 Å². The standard InChI is InChI=1S/C23H23F4N3O2.C21H19F4N3O2/c1-4-29-13-21(28-14-29)22(31)30(15(2)3)12-16-5-10-20(24)19(11-16)17-6-8-18(9-7-17)32-23(25,26)27;1-13(2)28(20(29)19-10-26-12-27-19)11-14-3-8-18(22)17(9-14)15-4-6-16(7-5-15)30-21(23,24)25/h5-11,13-15H,4,12H2,1-3H3;3-10,12-13H,11H2,1-2H3,(H,26,27). The van der Waals surface area contributed by atoms with Crippen molar-refractivity contribution in [1.29, 1.82) is 0 Å². The first kappa shape index (κ1) is 46.3. The first-order valence-electron chi connectivity index (χ1n) is 19.1. The number of carbonyl (C=O) groups is 2. The van der Waals surface area contributed by atoms with Gasteiger partial charge in [0.25, 0.3) is 11.8 Å². The highest BCUT2D eigenvalue weighted by atomic mass is 19.4. The summed E-state index contributed by atoms with van der Waals surface area (Å²) >= 11 is 0. The molecule has 6 aromatic rings. The van der Waals surface area contributed by atoms with Gasteiger partial charge in [-0.15, -0.1) is 26.3 Å². The van der Waals surface area contributed by atoms with Crippen LogP contribution in [0.1, 0.15) is 66.7 Å². The largest absolute Gasteiger partial charge is 0.573 e. The zero-order valence-electron chi connectivity index (χ0n) is 34.1. The molecule has 0 saturated heterocycles. The summed E-state index contributed by atoms with van der Waals surface area (Å²) in [7, 11) is 0. The Morgan fingerprint density at radius 3 is 1.52 bits per heavy atom. The van der Waals surface area contributed by atoms with Gasteiger partial charge in [-0.3, -0.25) is 9.59 Å². The van der Waals surface area contributed by atoms with Crippen LogP contribution in [0.25, 0.3) is 22.3 Å². The van der Waals surface area contributed by atoms with Crippen LogP contribution in [0.3, 0.4) is 0 Å². The molecule has 0 aliphatic heterocycles. The monoisotopic (exact) mass is 870 g/mol. The Kier molecular flexibility index (Phi) is 14.8. The van der Waals surface area contributed by atoms with Crippen molar-refractivity contribution >= 4 is 11.8 Å². The average Bonchev–Trinajstić information content (AvgIpc) is 3.93. The highest BCUT2D eigenvalue weighted by Gasteiger charge is 2.32. The molecule has 0 aliphatic rings. The number of nitrogens with zero attached hydrogens (tertiary/aromatic N) is 5. The van der Waals surface area contributed by atoms with Gasteiger partial charge in [0.1, 0.15) is 34.5 Å². The van der Waals surface area contributed by atoms with Crippen molar-refractivity contribution in [3.63, 3.8) is 0 Å². The third-order valence-electron chi connectivity index (χ3n) is 9.28. The lowest BCUT2D eigenvalue weighted by Gasteiger charge is -2.26. The molecule has 4 aromatic carbocycles. The Morgan fingerprint density at radius 2 is 1.15 bits per heavy atom. The maximum absolute atomic E-state index is 14.5. The number of ether oxygens (including phenoxy) is 2. The smallest absolute Gasteiger partial charge is 0.406 e. The van der Waals surface area contributed by atoms with Gasteiger partial charge in [-0.2, -0.15) is 0 Å². The molecule has 2 heterocycles. The molecule has 0 atom stereocenters. The molecule has 0 spiro atoms. The van der Waals surface area contributed by atoms with Crippen molar-refractivity contribution in [1.82, 2.24) is 29.3 Å². The first-order valence-corrected chi connectivity index (χ1v) is 19.1. The number of aryl methyl sites for hydroxylation is 1. The lowest BCUT2D eigenvalue weighted by Crippen LogP contribution is -2.36. The molecule has 0 unspecified atom stereocenters. The van der Waals surface area contributed by atoms with Gasteiger partial charge < -0.3 is 28.8 Å². The number of halogens is 8. The van der Waals surface area contributed by atoms with Crippen molar-refractivity contribution in [2.45, 2.75) is 79.1 Å². The van der Waals surface area contributed by atoms with Crippen LogP contribution in [0, 0.1) is 11.6 Å². The first-order chi connectivity index (χ1) is 29.2. The maximum atomic E-state index is 14.5. The fourth-order valence-corrected chi connectivity index (χ4v) is 6.15. The maximum Gasteiger partial charge on any atom is 0.573 e. The Hall–Kier alpha value is -6.72. The van der Waals surface area contributed by atoms with Gasteiger partial charge in [-0.05, 0) is 105 Å². The van der Waals surface area contributed by atoms with Crippen molar-refractivity contribution in [3.8, 4) is 33.8 Å². The summed E-state index contributed by atoms with van der Waals surface area (Å²) in [4.78, 5) is 39.7. The van der Waals surface area contributed by atoms with E-state index in [1.54, 1.807) is 51.2 Å². The molecule has 0 aliphatic carbocycles. The van der Waals surface area contributed by atoms with E-state index in [2.05, 4.69) is 24.4 Å². The van der Waals surface area contributed by atoms with E-state index in [1.165, 1.54) is 48.9 Å². The zero-order chi connectivity index (χ0) is 45.4. The number of carbonyl (C=O) groups excluding carboxylic acids is 2. The van der Waals surface area contributed by atoms with E-state index >= 15 is 0 Å². The minimum atomic E-state index is -4.80. The summed E-state index contributed by atoms with van der Waals surface area (Å²) in [5.74, 6) is -2.32. The number of hydrogen-bond donors (Lipinski definition) is 1. The van der Waals surface area contributed by atoms with Crippen molar-refractivity contribution in [2.75, 3.05) is 0 Å². The minimum Gasteiger partial charge on any atom is -0.406 e. The SMILES string of the molecule is CC(C)N(Cc1ccc(F)c(-c2ccc(OC(F)(F)F)cc2)c1)C(=O)c1cnc[nH]1.CCn1cnc(C(=O)N(Cc2ccc(F)c(-c3ccc(OC(F)(F)F)cc3)c2)C(C)C)c1. The molecule has 2 amide bonds. The summed E-state index contributed by atoms with van der Waals surface area (Å²) in [6.07, 6.45) is -3.49. The minimum absolute atomic E-state index is 0.131. The van der Waals surface area contributed by atoms with Gasteiger partial charge in [-0.1, -0.05) is 36.4 Å². The lowest BCUT2D eigenvalue weighted by molar-refractivity contribution is -0.275. The number of amides is 2. The third-order valence-corrected chi connectivity index (χ3v) is 9.28. The molecule has 10 nitrogen and oxygen atoms in total. The van der Waals surface area contributed by atoms with E-state index in [0.717, 1.165) is 24.3 Å². The molecular formula is C44H42F8N6O4. The van der Waals surface area contributed by atoms with Crippen LogP contribution in [-0.4, -0.2) is 65.9 Å². The van der Waals surface area contributed by atoms with Gasteiger partial charge in [0.2, 0.25) is 0 Å². The van der Waals surface area contributed by atoms with Gasteiger partial charge in [0.15, 0.2) is 0 Å². The second-order valence-corrected chi connectivity index (χ2v) is 14.4. The third kappa shape index (κ3) is 12.7. The highest BCUT2D eigenvalue weighted by molar-refractivity contribution is 5.92. The fraction of sp³-hybridized carbons (Fsp3) is 0.273. The summed E-state index contributed by atoms with van der Waals surface area (Å²) < 4.78 is 112. The lowest BCUT2D eigenvalue weighted by atomic mass is 10.0. The number of imidazole rings is 2. The highest BCUT2D eigenvalue weighted by Crippen LogP contribution is 2.31. The zero-order valence-corrected chi connectivity index (χ0v) is 34.1. The Bertz CT molecular complexity index is 2410. The molecule has 328 valence electrons. The molecule has 0 bridgehead atoms. The quantitative estimate of drug-likeness (QED) is 0.116. The number of aromatic nitrogens is 4. The van der Waals surface area contributed by atoms with Crippen molar-refractivity contribution in [2.24, 2.45) is 0 Å². The Balaban J connectivity index is 0.000000235. The van der Waals surface area contributed by atoms with Crippen LogP contribution in [0.15, 0.2) is 110 Å². The summed E-state index contributed by atoms with van der Waals surface area (Å²) in [6.45, 7) is 10.5. The predicted molar refractivity (Wildman–Crippen MR) is 214 cm³/mol. The molecule has 6 rings (SSSR count). The van der Waals surface area contributed by atoms with E-state index in [9.17, 15) is 44.7 Å². The average molecular weight is 871 g/mol. The summed E-state index contributed by atoms with van der Waals surface area (Å²) in [6, 6.07) is 18.5. The van der Waals surface area contributed by atoms with E-state index in [4.69, 9.17) is 0 Å². The molecule has 2 aromatic heterocycles. The number of aromatic amines is 1. The van der Waals surface area contributed by atoms with Crippen molar-refractivity contribution < 1.29 is 54.2 Å². The second-order valence-electron chi connectivity index (χ2n) is 14.4. The van der Waals surface area contributed by atoms with Crippen LogP contribution in [0.5, 0.6) is 11.5 Å². The molecule has 1 N–H and O–H groups in total. The number of nitrogens with one attached hydrogen (secondary N) is 1. The molecular weight excluding hydrogens is 829 g/mol. The van der Waals surface area contributed by atoms with Gasteiger partial charge >= 0.3 is 12.7 Å². The normalized spacial score (nSPS) is 11.6. The van der Waals surface area contributed by atoms with Gasteiger partial charge in [0, 0.05) is 49.0 Å². The van der Waals surface area contributed by atoms with E-state index in [-0.39, 0.29) is 59.6 Å². The van der Waals surface area contributed by atoms with Crippen LogP contribution in [0.2, 0.25) is 0 Å². The molecule has 0 fully saturated rings. The van der Waals surface area contributed by atoms with Crippen molar-refractivity contribution in [3.05, 3.63) is 144 Å². The number of rotatable bonds is 13. The molecule has 18 heteroatoms. The fourth-order valence-electron chi connectivity index (χ4n) is 6.15. The molecule has 0 radical (unpaired) electrons. The van der Waals surface area contributed by atoms with Crippen LogP contribution in [0.4, 0.5) is 35.1 Å². The number of alkyl halides is 6. The van der Waals surface area contributed by atoms with Crippen LogP contribution < -0.4 is 9.47 Å². The molecule has 0 saturated carbocycles. The number of hydrogen-bond acceptors (Lipinski definition) is 6. The topological polar surface area (TPSA) is 106 Å². The van der Waals surface area contributed by atoms with Gasteiger partial charge in [-0.25, -0.2) is 18.7 Å². The number of benzene rings is 4. The van der Waals surface area contributed by atoms with E-state index in [0.29, 0.717) is 40.2 Å². The Morgan fingerprint density at radius 1 is 0.694 bits per heavy atom. The summed E-state index contributed by atoms with van der Waals surface area (Å²) in [5, 5.41) is 0. The van der Waals surface area contributed by atoms with Gasteiger partial charge in [0.05, 0.1) is 18.9 Å². The summed E-state index contributed by atoms with van der Waals surface area (Å²) in [5.41, 5.74) is 3.21. The van der Waals surface area contributed by atoms with E-state index in [1.807, 2.05) is 34.6 Å². The Labute approximate surface area is 351 Å². The van der Waals surface area contributed by atoms with Crippen LogP contribution in [-0.2, 0) is 19.6 Å². The second kappa shape index (κ2) is 19.8. The number of H-pyrrole nitrogens is 1. The molecule has 62 heavy (non-hydrogen) atoms. The van der Waals surface area contributed by atoms with Crippen LogP contribution >= 0.6 is 0 Å².